The normalized spacial score (nSPS) is 15.7. The minimum Gasteiger partial charge on any atom is -0.481 e. The van der Waals surface area contributed by atoms with E-state index < -0.39 is 57.1 Å². The van der Waals surface area contributed by atoms with Gasteiger partial charge < -0.3 is 50.4 Å². The maximum Gasteiger partial charge on any atom is 0.313 e. The molecule has 0 aromatic heterocycles. The number of benzene rings is 9. The van der Waals surface area contributed by atoms with E-state index in [0.29, 0.717) is 24.0 Å². The number of carboxylic acids is 3. The smallest absolute Gasteiger partial charge is 0.313 e. The van der Waals surface area contributed by atoms with Crippen molar-refractivity contribution in [2.75, 3.05) is 58.9 Å². The highest BCUT2D eigenvalue weighted by Crippen LogP contribution is 2.45. The molecular weight excluding hydrogens is 1370 g/mol. The van der Waals surface area contributed by atoms with Crippen LogP contribution < -0.4 is 0 Å². The summed E-state index contributed by atoms with van der Waals surface area (Å²) in [5.74, 6) is 4.36. The number of hydrogen-bond donors (Lipinski definition) is 7. The van der Waals surface area contributed by atoms with Gasteiger partial charge in [-0.05, 0) is 237 Å². The highest BCUT2D eigenvalue weighted by atomic mass is 16.4. The van der Waals surface area contributed by atoms with Crippen LogP contribution >= 0.6 is 0 Å². The summed E-state index contributed by atoms with van der Waals surface area (Å²) >= 11 is 0. The van der Waals surface area contributed by atoms with Crippen molar-refractivity contribution in [1.29, 1.82) is 0 Å². The van der Waals surface area contributed by atoms with Crippen LogP contribution in [0, 0.1) is 29.6 Å². The van der Waals surface area contributed by atoms with E-state index in [1.54, 1.807) is 77.9 Å². The zero-order valence-electron chi connectivity index (χ0n) is 64.8. The van der Waals surface area contributed by atoms with E-state index in [9.17, 15) is 54.9 Å². The lowest BCUT2D eigenvalue weighted by Gasteiger charge is -2.42. The van der Waals surface area contributed by atoms with Gasteiger partial charge in [-0.15, -0.1) is 0 Å². The SMILES string of the molecule is CC(C)(C(=O)O)c1ccc(C#CCCN2CCC(C(O)(c3ccccc3)c3ccccc3)CC2)cc1.CC(C)(C(=O)O)c1ccc(C(=O)CCCN2CCC(C(O)(c3ccccc3)c3ccccc3)CC2)cc1.CC(C)(C(=O)O)c1ccc(C(O)CCCN2CCC(C(O)(c3ccccc3)c3ccccc3)CC2)cc1. The number of nitrogens with zero attached hydrogens (tertiary/aromatic N) is 3. The maximum absolute atomic E-state index is 12.7. The Labute approximate surface area is 651 Å². The second kappa shape index (κ2) is 37.8. The zero-order valence-corrected chi connectivity index (χ0v) is 64.8. The standard InChI is InChI=1S/C32H39NO4.C32H37NO4.C32H35NO3/c2*1-31(2,30(35)36)25-17-15-24(16-18-25)29(34)14-9-21-33-22-19-28(20-23-33)32(37,26-10-5-3-6-11-26)27-12-7-4-8-13-27;1-31(2,30(34)35)26-18-16-25(17-19-26)11-9-10-22-33-23-20-29(21-24-33)32(36,27-12-5-3-6-13-27)28-14-7-4-8-15-28/h3-8,10-13,15-18,28-29,34,37H,9,14,19-23H2,1-2H3,(H,35,36);3-8,10-13,15-18,28,37H,9,14,19-23H2,1-2H3,(H,35,36);3-8,12-19,29,36H,10,20-24H2,1-2H3,(H,34,35). The maximum atomic E-state index is 12.7. The van der Waals surface area contributed by atoms with Crippen molar-refractivity contribution in [3.8, 4) is 11.8 Å². The van der Waals surface area contributed by atoms with E-state index in [4.69, 9.17) is 0 Å². The van der Waals surface area contributed by atoms with Gasteiger partial charge in [-0.2, -0.15) is 0 Å². The number of aliphatic carboxylic acids is 3. The van der Waals surface area contributed by atoms with Crippen LogP contribution in [0.2, 0.25) is 0 Å². The van der Waals surface area contributed by atoms with Crippen LogP contribution in [-0.4, -0.2) is 133 Å². The molecular formula is C96H111N3O11. The molecule has 0 bridgehead atoms. The first-order valence-corrected chi connectivity index (χ1v) is 39.2. The molecule has 9 aromatic carbocycles. The molecule has 0 aliphatic carbocycles. The summed E-state index contributed by atoms with van der Waals surface area (Å²) in [5.41, 5.74) is 4.32. The number of hydrogen-bond acceptors (Lipinski definition) is 11. The number of piperidine rings is 3. The van der Waals surface area contributed by atoms with Crippen molar-refractivity contribution in [3.05, 3.63) is 322 Å². The second-order valence-corrected chi connectivity index (χ2v) is 31.6. The first-order valence-electron chi connectivity index (χ1n) is 39.2. The Balaban J connectivity index is 0.000000176. The summed E-state index contributed by atoms with van der Waals surface area (Å²) < 4.78 is 0. The lowest BCUT2D eigenvalue weighted by molar-refractivity contribution is -0.143. The Morgan fingerprint density at radius 2 is 0.636 bits per heavy atom. The molecule has 3 aliphatic rings. The molecule has 3 saturated heterocycles. The van der Waals surface area contributed by atoms with Gasteiger partial charge in [-0.25, -0.2) is 0 Å². The molecule has 0 amide bonds. The fraction of sp³-hybridized carbons (Fsp3) is 0.375. The van der Waals surface area contributed by atoms with Gasteiger partial charge in [-0.3, -0.25) is 19.2 Å². The topological polar surface area (TPSA) is 220 Å². The number of rotatable bonds is 27. The average molecular weight is 1480 g/mol. The quantitative estimate of drug-likeness (QED) is 0.0188. The number of likely N-dealkylation sites (tertiary alicyclic amines) is 3. The summed E-state index contributed by atoms with van der Waals surface area (Å²) in [6.07, 6.45) is 8.39. The number of carbonyl (C=O) groups excluding carboxylic acids is 1. The van der Waals surface area contributed by atoms with Gasteiger partial charge in [0.05, 0.1) is 22.3 Å². The zero-order chi connectivity index (χ0) is 78.5. The van der Waals surface area contributed by atoms with Gasteiger partial charge >= 0.3 is 17.9 Å². The van der Waals surface area contributed by atoms with Crippen molar-refractivity contribution in [1.82, 2.24) is 14.7 Å². The largest absolute Gasteiger partial charge is 0.481 e. The third-order valence-electron chi connectivity index (χ3n) is 23.6. The predicted octanol–water partition coefficient (Wildman–Crippen LogP) is 16.6. The van der Waals surface area contributed by atoms with Gasteiger partial charge in [-0.1, -0.05) is 254 Å². The molecule has 7 N–H and O–H groups in total. The predicted molar refractivity (Wildman–Crippen MR) is 436 cm³/mol. The van der Waals surface area contributed by atoms with Crippen LogP contribution in [0.4, 0.5) is 0 Å². The monoisotopic (exact) mass is 1480 g/mol. The molecule has 3 heterocycles. The van der Waals surface area contributed by atoms with E-state index in [1.807, 2.05) is 218 Å². The fourth-order valence-electron chi connectivity index (χ4n) is 16.0. The van der Waals surface area contributed by atoms with Crippen LogP contribution in [0.5, 0.6) is 0 Å². The number of aliphatic hydroxyl groups is 4. The minimum atomic E-state index is -1.02. The van der Waals surface area contributed by atoms with Gasteiger partial charge in [0.15, 0.2) is 5.78 Å². The van der Waals surface area contributed by atoms with E-state index in [2.05, 4.69) is 26.5 Å². The average Bonchev–Trinajstić information content (AvgIpc) is 0.777. The van der Waals surface area contributed by atoms with Crippen LogP contribution in [0.15, 0.2) is 255 Å². The number of carbonyl (C=O) groups is 4. The Kier molecular flexibility index (Phi) is 28.5. The Bertz CT molecular complexity index is 4310. The Morgan fingerprint density at radius 1 is 0.364 bits per heavy atom. The molecule has 3 aliphatic heterocycles. The first-order chi connectivity index (χ1) is 52.8. The molecule has 14 nitrogen and oxygen atoms in total. The Morgan fingerprint density at radius 3 is 0.936 bits per heavy atom. The highest BCUT2D eigenvalue weighted by Gasteiger charge is 2.45. The van der Waals surface area contributed by atoms with Crippen molar-refractivity contribution in [2.45, 2.75) is 151 Å². The molecule has 9 aromatic rings. The molecule has 110 heavy (non-hydrogen) atoms. The van der Waals surface area contributed by atoms with E-state index >= 15 is 0 Å². The van der Waals surface area contributed by atoms with E-state index in [1.165, 1.54) is 0 Å². The van der Waals surface area contributed by atoms with Gasteiger partial charge in [0.25, 0.3) is 0 Å². The van der Waals surface area contributed by atoms with Crippen LogP contribution in [0.25, 0.3) is 0 Å². The molecule has 12 rings (SSSR count). The van der Waals surface area contributed by atoms with Gasteiger partial charge in [0.2, 0.25) is 0 Å². The summed E-state index contributed by atoms with van der Waals surface area (Å²) in [6.45, 7) is 18.3. The van der Waals surface area contributed by atoms with E-state index in [0.717, 1.165) is 172 Å². The van der Waals surface area contributed by atoms with Crippen LogP contribution in [-0.2, 0) is 47.4 Å². The molecule has 0 radical (unpaired) electrons. The van der Waals surface area contributed by atoms with E-state index in [-0.39, 0.29) is 23.5 Å². The van der Waals surface area contributed by atoms with Gasteiger partial charge in [0, 0.05) is 30.5 Å². The molecule has 1 atom stereocenters. The summed E-state index contributed by atoms with van der Waals surface area (Å²) in [7, 11) is 0. The molecule has 0 saturated carbocycles. The fourth-order valence-corrected chi connectivity index (χ4v) is 16.0. The summed E-state index contributed by atoms with van der Waals surface area (Å²) in [4.78, 5) is 54.3. The minimum absolute atomic E-state index is 0.0806. The molecule has 14 heteroatoms. The number of carboxylic acid groups (broad SMARTS) is 3. The number of aliphatic hydroxyl groups excluding tert-OH is 1. The van der Waals surface area contributed by atoms with Crippen molar-refractivity contribution in [3.63, 3.8) is 0 Å². The summed E-state index contributed by atoms with van der Waals surface area (Å²) in [6, 6.07) is 81.8. The lowest BCUT2D eigenvalue weighted by Crippen LogP contribution is -2.44. The van der Waals surface area contributed by atoms with Gasteiger partial charge in [0.1, 0.15) is 16.8 Å². The van der Waals surface area contributed by atoms with Crippen LogP contribution in [0.1, 0.15) is 190 Å². The van der Waals surface area contributed by atoms with Crippen LogP contribution in [0.3, 0.4) is 0 Å². The van der Waals surface area contributed by atoms with Crippen molar-refractivity contribution in [2.24, 2.45) is 17.8 Å². The summed E-state index contributed by atoms with van der Waals surface area (Å²) in [5, 5.41) is 75.0. The lowest BCUT2D eigenvalue weighted by atomic mass is 9.72. The second-order valence-electron chi connectivity index (χ2n) is 31.6. The third kappa shape index (κ3) is 20.1. The molecule has 576 valence electrons. The number of Topliss-reactive ketones (excluding diaryl/α,β-unsaturated/α-hetero) is 1. The highest BCUT2D eigenvalue weighted by molar-refractivity contribution is 5.96. The first kappa shape index (κ1) is 82.8. The molecule has 0 spiro atoms. The number of ketones is 1. The Hall–Kier alpha value is -9.66. The van der Waals surface area contributed by atoms with Crippen molar-refractivity contribution >= 4 is 23.7 Å². The molecule has 3 fully saturated rings. The third-order valence-corrected chi connectivity index (χ3v) is 23.6. The van der Waals surface area contributed by atoms with Crippen molar-refractivity contribution < 1.29 is 54.9 Å². The molecule has 1 unspecified atom stereocenters.